The first-order valence-electron chi connectivity index (χ1n) is 4.45. The third-order valence-electron chi connectivity index (χ3n) is 2.28. The Morgan fingerprint density at radius 2 is 2.27 bits per heavy atom. The van der Waals surface area contributed by atoms with Crippen LogP contribution in [0.4, 0.5) is 0 Å². The van der Waals surface area contributed by atoms with Gasteiger partial charge in [0.1, 0.15) is 12.4 Å². The van der Waals surface area contributed by atoms with Gasteiger partial charge in [0.25, 0.3) is 0 Å². The van der Waals surface area contributed by atoms with E-state index in [-0.39, 0.29) is 12.2 Å². The summed E-state index contributed by atoms with van der Waals surface area (Å²) < 4.78 is 6.31. The molecule has 3 nitrogen and oxygen atoms in total. The number of carbonyl (C=O) groups is 1. The highest BCUT2D eigenvalue weighted by atomic mass is 79.9. The van der Waals surface area contributed by atoms with Crippen LogP contribution in [0.15, 0.2) is 22.2 Å². The van der Waals surface area contributed by atoms with Crippen molar-refractivity contribution < 1.29 is 14.6 Å². The van der Waals surface area contributed by atoms with Gasteiger partial charge in [0.2, 0.25) is 0 Å². The lowest BCUT2D eigenvalue weighted by Crippen LogP contribution is -2.14. The molecule has 0 bridgehead atoms. The van der Waals surface area contributed by atoms with Gasteiger partial charge in [-0.25, -0.2) is 4.79 Å². The number of hydrogen-bond acceptors (Lipinski definition) is 2. The number of aryl methyl sites for hydroxylation is 1. The van der Waals surface area contributed by atoms with Crippen LogP contribution >= 0.6 is 15.9 Å². The summed E-state index contributed by atoms with van der Waals surface area (Å²) in [7, 11) is 0. The van der Waals surface area contributed by atoms with Crippen molar-refractivity contribution in [2.24, 2.45) is 0 Å². The monoisotopic (exact) mass is 268 g/mol. The van der Waals surface area contributed by atoms with Gasteiger partial charge in [-0.2, -0.15) is 0 Å². The van der Waals surface area contributed by atoms with E-state index in [0.29, 0.717) is 0 Å². The van der Waals surface area contributed by atoms with Crippen molar-refractivity contribution in [2.45, 2.75) is 6.92 Å². The van der Waals surface area contributed by atoms with E-state index in [9.17, 15) is 4.79 Å². The third kappa shape index (κ3) is 1.90. The molecule has 1 aliphatic heterocycles. The van der Waals surface area contributed by atoms with E-state index in [1.165, 1.54) is 0 Å². The van der Waals surface area contributed by atoms with Crippen LogP contribution in [0.25, 0.3) is 6.08 Å². The van der Waals surface area contributed by atoms with Gasteiger partial charge >= 0.3 is 5.97 Å². The predicted molar refractivity (Wildman–Crippen MR) is 60.0 cm³/mol. The second-order valence-corrected chi connectivity index (χ2v) is 4.26. The summed E-state index contributed by atoms with van der Waals surface area (Å²) in [6.45, 7) is 2.09. The molecule has 2 rings (SSSR count). The summed E-state index contributed by atoms with van der Waals surface area (Å²) in [5, 5.41) is 8.83. The lowest BCUT2D eigenvalue weighted by atomic mass is 10.1. The van der Waals surface area contributed by atoms with Crippen molar-refractivity contribution in [1.82, 2.24) is 0 Å². The van der Waals surface area contributed by atoms with Crippen LogP contribution in [0, 0.1) is 6.92 Å². The average molecular weight is 269 g/mol. The van der Waals surface area contributed by atoms with Gasteiger partial charge < -0.3 is 9.84 Å². The maximum absolute atomic E-state index is 10.8. The zero-order valence-electron chi connectivity index (χ0n) is 8.08. The van der Waals surface area contributed by atoms with E-state index in [4.69, 9.17) is 9.84 Å². The van der Waals surface area contributed by atoms with Crippen molar-refractivity contribution in [1.29, 1.82) is 0 Å². The fraction of sp³-hybridized carbons (Fsp3) is 0.182. The van der Waals surface area contributed by atoms with Gasteiger partial charge in [0.15, 0.2) is 0 Å². The SMILES string of the molecule is Cc1cc2c(cc1Br)C=C(C(=O)O)CO2. The molecular formula is C11H9BrO3. The number of fused-ring (bicyclic) bond motifs is 1. The minimum atomic E-state index is -0.933. The number of hydrogen-bond donors (Lipinski definition) is 1. The van der Waals surface area contributed by atoms with E-state index < -0.39 is 5.97 Å². The highest BCUT2D eigenvalue weighted by molar-refractivity contribution is 9.10. The molecule has 0 aromatic heterocycles. The highest BCUT2D eigenvalue weighted by Gasteiger charge is 2.17. The normalized spacial score (nSPS) is 13.9. The van der Waals surface area contributed by atoms with E-state index in [1.54, 1.807) is 6.08 Å². The van der Waals surface area contributed by atoms with E-state index >= 15 is 0 Å². The smallest absolute Gasteiger partial charge is 0.335 e. The molecule has 0 saturated carbocycles. The topological polar surface area (TPSA) is 46.5 Å². The van der Waals surface area contributed by atoms with Gasteiger partial charge in [-0.3, -0.25) is 0 Å². The van der Waals surface area contributed by atoms with E-state index in [0.717, 1.165) is 21.3 Å². The van der Waals surface area contributed by atoms with Crippen LogP contribution in [0.2, 0.25) is 0 Å². The molecule has 1 heterocycles. The van der Waals surface area contributed by atoms with Gasteiger partial charge in [0, 0.05) is 10.0 Å². The zero-order valence-corrected chi connectivity index (χ0v) is 9.67. The fourth-order valence-corrected chi connectivity index (χ4v) is 1.78. The molecular weight excluding hydrogens is 260 g/mol. The quantitative estimate of drug-likeness (QED) is 0.852. The summed E-state index contributed by atoms with van der Waals surface area (Å²) in [6.07, 6.45) is 1.64. The lowest BCUT2D eigenvalue weighted by Gasteiger charge is -2.16. The molecule has 0 spiro atoms. The van der Waals surface area contributed by atoms with Crippen molar-refractivity contribution in [2.75, 3.05) is 6.61 Å². The Morgan fingerprint density at radius 1 is 1.53 bits per heavy atom. The Kier molecular flexibility index (Phi) is 2.52. The zero-order chi connectivity index (χ0) is 11.0. The first kappa shape index (κ1) is 10.2. The number of carboxylic acids is 1. The van der Waals surface area contributed by atoms with E-state index in [1.807, 2.05) is 19.1 Å². The van der Waals surface area contributed by atoms with Crippen LogP contribution in [-0.2, 0) is 4.79 Å². The maximum atomic E-state index is 10.8. The van der Waals surface area contributed by atoms with Crippen molar-refractivity contribution in [3.63, 3.8) is 0 Å². The van der Waals surface area contributed by atoms with Crippen LogP contribution in [-0.4, -0.2) is 17.7 Å². The minimum Gasteiger partial charge on any atom is -0.488 e. The molecule has 0 aliphatic carbocycles. The number of rotatable bonds is 1. The summed E-state index contributed by atoms with van der Waals surface area (Å²) in [4.78, 5) is 10.8. The van der Waals surface area contributed by atoms with Gasteiger partial charge in [-0.05, 0) is 30.7 Å². The molecule has 15 heavy (non-hydrogen) atoms. The first-order chi connectivity index (χ1) is 7.08. The van der Waals surface area contributed by atoms with Crippen LogP contribution in [0.1, 0.15) is 11.1 Å². The standard InChI is InChI=1S/C11H9BrO3/c1-6-2-10-7(4-9(6)12)3-8(5-15-10)11(13)14/h2-4H,5H2,1H3,(H,13,14). The number of benzene rings is 1. The van der Waals surface area contributed by atoms with Crippen molar-refractivity contribution >= 4 is 28.0 Å². The Labute approximate surface area is 95.5 Å². The Balaban J connectivity index is 2.51. The fourth-order valence-electron chi connectivity index (χ4n) is 1.42. The first-order valence-corrected chi connectivity index (χ1v) is 5.24. The molecule has 0 atom stereocenters. The summed E-state index contributed by atoms with van der Waals surface area (Å²) in [6, 6.07) is 3.77. The summed E-state index contributed by atoms with van der Waals surface area (Å²) >= 11 is 3.40. The molecule has 0 radical (unpaired) electrons. The predicted octanol–water partition coefficient (Wildman–Crippen LogP) is 2.62. The minimum absolute atomic E-state index is 0.128. The number of ether oxygens (including phenoxy) is 1. The highest BCUT2D eigenvalue weighted by Crippen LogP contribution is 2.31. The maximum Gasteiger partial charge on any atom is 0.335 e. The van der Waals surface area contributed by atoms with Gasteiger partial charge in [-0.1, -0.05) is 15.9 Å². The lowest BCUT2D eigenvalue weighted by molar-refractivity contribution is -0.132. The number of halogens is 1. The Hall–Kier alpha value is -1.29. The van der Waals surface area contributed by atoms with Crippen LogP contribution in [0.5, 0.6) is 5.75 Å². The second-order valence-electron chi connectivity index (χ2n) is 3.40. The summed E-state index contributed by atoms with van der Waals surface area (Å²) in [5.41, 5.74) is 2.15. The Morgan fingerprint density at radius 3 is 2.93 bits per heavy atom. The molecule has 0 fully saturated rings. The van der Waals surface area contributed by atoms with Crippen molar-refractivity contribution in [3.8, 4) is 5.75 Å². The van der Waals surface area contributed by atoms with Gasteiger partial charge in [-0.15, -0.1) is 0 Å². The Bertz CT molecular complexity index is 463. The third-order valence-corrected chi connectivity index (χ3v) is 3.13. The summed E-state index contributed by atoms with van der Waals surface area (Å²) in [5.74, 6) is -0.196. The molecule has 0 unspecified atom stereocenters. The molecule has 1 N–H and O–H groups in total. The van der Waals surface area contributed by atoms with Crippen LogP contribution < -0.4 is 4.74 Å². The number of aliphatic carboxylic acids is 1. The molecule has 4 heteroatoms. The molecule has 0 saturated heterocycles. The van der Waals surface area contributed by atoms with Crippen molar-refractivity contribution in [3.05, 3.63) is 33.3 Å². The second kappa shape index (κ2) is 3.70. The molecule has 1 aromatic carbocycles. The average Bonchev–Trinajstić information content (AvgIpc) is 2.19. The van der Waals surface area contributed by atoms with Gasteiger partial charge in [0.05, 0.1) is 5.57 Å². The van der Waals surface area contributed by atoms with Crippen LogP contribution in [0.3, 0.4) is 0 Å². The molecule has 1 aliphatic rings. The largest absolute Gasteiger partial charge is 0.488 e. The van der Waals surface area contributed by atoms with E-state index in [2.05, 4.69) is 15.9 Å². The molecule has 78 valence electrons. The number of carboxylic acid groups (broad SMARTS) is 1. The molecule has 0 amide bonds. The molecule has 1 aromatic rings.